The van der Waals surface area contributed by atoms with Gasteiger partial charge in [-0.05, 0) is 39.0 Å². The number of ketones is 1. The number of carbonyl (C=O) groups is 2. The fourth-order valence-electron chi connectivity index (χ4n) is 3.82. The van der Waals surface area contributed by atoms with Crippen LogP contribution in [0, 0.1) is 6.92 Å². The Kier molecular flexibility index (Phi) is 6.53. The number of aromatic nitrogens is 5. The number of anilines is 1. The van der Waals surface area contributed by atoms with Crippen LogP contribution in [0.25, 0.3) is 10.9 Å². The van der Waals surface area contributed by atoms with Gasteiger partial charge in [0.15, 0.2) is 11.5 Å². The maximum atomic E-state index is 13.4. The fraction of sp³-hybridized carbons (Fsp3) is 0.292. The number of aryl methyl sites for hydroxylation is 1. The van der Waals surface area contributed by atoms with Crippen LogP contribution in [0.15, 0.2) is 43.0 Å². The molecule has 0 aliphatic carbocycles. The molecule has 0 unspecified atom stereocenters. The third kappa shape index (κ3) is 4.79. The summed E-state index contributed by atoms with van der Waals surface area (Å²) in [5.74, 6) is -0.963. The molecule has 188 valence electrons. The summed E-state index contributed by atoms with van der Waals surface area (Å²) in [6.07, 6.45) is 1.72. The summed E-state index contributed by atoms with van der Waals surface area (Å²) in [6.45, 7) is 4.93. The van der Waals surface area contributed by atoms with E-state index >= 15 is 0 Å². The van der Waals surface area contributed by atoms with Gasteiger partial charge in [-0.3, -0.25) is 19.3 Å². The van der Waals surface area contributed by atoms with Crippen LogP contribution in [0.2, 0.25) is 0 Å². The maximum absolute atomic E-state index is 13.4. The molecule has 0 aromatic carbocycles. The van der Waals surface area contributed by atoms with Crippen molar-refractivity contribution in [2.45, 2.75) is 39.5 Å². The number of halogens is 3. The molecule has 0 fully saturated rings. The third-order valence-electron chi connectivity index (χ3n) is 5.58. The van der Waals surface area contributed by atoms with Crippen molar-refractivity contribution in [3.63, 3.8) is 0 Å². The normalized spacial score (nSPS) is 11.8. The Balaban J connectivity index is 1.62. The lowest BCUT2D eigenvalue weighted by atomic mass is 10.0. The van der Waals surface area contributed by atoms with E-state index in [1.165, 1.54) is 26.3 Å². The van der Waals surface area contributed by atoms with Crippen LogP contribution in [-0.2, 0) is 17.5 Å². The Hall–Kier alpha value is -4.22. The molecule has 0 aliphatic rings. The molecule has 0 saturated heterocycles. The van der Waals surface area contributed by atoms with E-state index in [0.717, 1.165) is 16.3 Å². The number of nitrogens with one attached hydrogen (secondary N) is 1. The van der Waals surface area contributed by atoms with Crippen molar-refractivity contribution in [2.24, 2.45) is 0 Å². The van der Waals surface area contributed by atoms with Crippen LogP contribution in [0.1, 0.15) is 47.2 Å². The van der Waals surface area contributed by atoms with Crippen LogP contribution in [0.5, 0.6) is 5.88 Å². The van der Waals surface area contributed by atoms with Gasteiger partial charge in [-0.25, -0.2) is 4.98 Å². The Labute approximate surface area is 203 Å². The average Bonchev–Trinajstić information content (AvgIpc) is 3.39. The van der Waals surface area contributed by atoms with E-state index in [-0.39, 0.29) is 34.6 Å². The first-order valence-corrected chi connectivity index (χ1v) is 10.9. The van der Waals surface area contributed by atoms with Gasteiger partial charge in [0, 0.05) is 53.0 Å². The highest BCUT2D eigenvalue weighted by Crippen LogP contribution is 2.30. The predicted molar refractivity (Wildman–Crippen MR) is 125 cm³/mol. The molecule has 1 amide bonds. The third-order valence-corrected chi connectivity index (χ3v) is 5.58. The van der Waals surface area contributed by atoms with E-state index in [1.807, 2.05) is 24.5 Å². The highest BCUT2D eigenvalue weighted by atomic mass is 19.4. The van der Waals surface area contributed by atoms with E-state index in [9.17, 15) is 22.8 Å². The monoisotopic (exact) mass is 500 g/mol. The van der Waals surface area contributed by atoms with Gasteiger partial charge >= 0.3 is 6.18 Å². The number of carbonyl (C=O) groups excluding carboxylic acids is 2. The van der Waals surface area contributed by atoms with Crippen LogP contribution in [0.3, 0.4) is 0 Å². The van der Waals surface area contributed by atoms with E-state index < -0.39 is 24.3 Å². The summed E-state index contributed by atoms with van der Waals surface area (Å²) in [7, 11) is 1.34. The van der Waals surface area contributed by atoms with Crippen molar-refractivity contribution in [3.8, 4) is 5.88 Å². The maximum Gasteiger partial charge on any atom is 0.435 e. The molecule has 0 bridgehead atoms. The largest absolute Gasteiger partial charge is 0.480 e. The van der Waals surface area contributed by atoms with Gasteiger partial charge in [-0.2, -0.15) is 18.3 Å². The van der Waals surface area contributed by atoms with Crippen molar-refractivity contribution in [1.82, 2.24) is 24.3 Å². The SMILES string of the molecule is COc1ncc(C(=O)c2cn(C(C)C)c3ccncc23)cc1NC(=O)Cn1nc(C(F)(F)F)cc1C. The van der Waals surface area contributed by atoms with E-state index in [1.54, 1.807) is 18.6 Å². The highest BCUT2D eigenvalue weighted by Gasteiger charge is 2.34. The predicted octanol–water partition coefficient (Wildman–Crippen LogP) is 4.41. The Bertz CT molecular complexity index is 1460. The topological polar surface area (TPSA) is 104 Å². The summed E-state index contributed by atoms with van der Waals surface area (Å²) in [4.78, 5) is 34.3. The van der Waals surface area contributed by atoms with E-state index in [2.05, 4.69) is 20.4 Å². The standard InChI is InChI=1S/C24H23F3N6O3/c1-13(2)32-11-17(16-10-28-6-5-19(16)32)22(35)15-8-18(23(36-4)29-9-15)30-21(34)12-33-14(3)7-20(31-33)24(25,26)27/h5-11,13H,12H2,1-4H3,(H,30,34). The Morgan fingerprint density at radius 2 is 1.94 bits per heavy atom. The quantitative estimate of drug-likeness (QED) is 0.377. The first-order valence-electron chi connectivity index (χ1n) is 10.9. The van der Waals surface area contributed by atoms with Gasteiger partial charge in [0.2, 0.25) is 11.8 Å². The molecule has 4 heterocycles. The number of ether oxygens (including phenoxy) is 1. The van der Waals surface area contributed by atoms with E-state index in [4.69, 9.17) is 4.74 Å². The van der Waals surface area contributed by atoms with Crippen LogP contribution >= 0.6 is 0 Å². The zero-order valence-electron chi connectivity index (χ0n) is 19.9. The number of fused-ring (bicyclic) bond motifs is 1. The Morgan fingerprint density at radius 3 is 2.58 bits per heavy atom. The molecule has 0 aliphatic heterocycles. The minimum Gasteiger partial charge on any atom is -0.480 e. The van der Waals surface area contributed by atoms with Crippen molar-refractivity contribution >= 4 is 28.3 Å². The average molecular weight is 500 g/mol. The molecule has 4 rings (SSSR count). The molecule has 4 aromatic rings. The first-order chi connectivity index (χ1) is 17.0. The number of alkyl halides is 3. The summed E-state index contributed by atoms with van der Waals surface area (Å²) >= 11 is 0. The van der Waals surface area contributed by atoms with Gasteiger partial charge in [-0.15, -0.1) is 0 Å². The summed E-state index contributed by atoms with van der Waals surface area (Å²) in [5, 5.41) is 6.69. The molecule has 0 radical (unpaired) electrons. The lowest BCUT2D eigenvalue weighted by Crippen LogP contribution is -2.21. The van der Waals surface area contributed by atoms with Gasteiger partial charge in [0.25, 0.3) is 0 Å². The molecule has 0 saturated carbocycles. The lowest BCUT2D eigenvalue weighted by Gasteiger charge is -2.11. The number of methoxy groups -OCH3 is 1. The van der Waals surface area contributed by atoms with Crippen molar-refractivity contribution < 1.29 is 27.5 Å². The molecular weight excluding hydrogens is 477 g/mol. The van der Waals surface area contributed by atoms with Crippen LogP contribution in [0.4, 0.5) is 18.9 Å². The minimum absolute atomic E-state index is 0.0411. The van der Waals surface area contributed by atoms with Gasteiger partial charge < -0.3 is 14.6 Å². The fourth-order valence-corrected chi connectivity index (χ4v) is 3.82. The molecule has 0 spiro atoms. The zero-order chi connectivity index (χ0) is 26.2. The number of amides is 1. The van der Waals surface area contributed by atoms with Crippen molar-refractivity contribution in [1.29, 1.82) is 0 Å². The second-order valence-electron chi connectivity index (χ2n) is 8.42. The minimum atomic E-state index is -4.62. The van der Waals surface area contributed by atoms with E-state index in [0.29, 0.717) is 10.9 Å². The smallest absolute Gasteiger partial charge is 0.435 e. The molecule has 36 heavy (non-hydrogen) atoms. The zero-order valence-corrected chi connectivity index (χ0v) is 19.9. The molecule has 1 N–H and O–H groups in total. The van der Waals surface area contributed by atoms with Crippen molar-refractivity contribution in [3.05, 3.63) is 65.5 Å². The summed E-state index contributed by atoms with van der Waals surface area (Å²) < 4.78 is 46.9. The molecule has 4 aromatic heterocycles. The molecule has 9 nitrogen and oxygen atoms in total. The van der Waals surface area contributed by atoms with Crippen LogP contribution in [-0.4, -0.2) is 43.1 Å². The summed E-state index contributed by atoms with van der Waals surface area (Å²) in [6, 6.07) is 4.20. The molecule has 0 atom stereocenters. The first kappa shape index (κ1) is 24.9. The van der Waals surface area contributed by atoms with Crippen LogP contribution < -0.4 is 10.1 Å². The number of pyridine rings is 2. The molecule has 12 heteroatoms. The Morgan fingerprint density at radius 1 is 1.19 bits per heavy atom. The lowest BCUT2D eigenvalue weighted by molar-refractivity contribution is -0.141. The number of rotatable bonds is 7. The summed E-state index contributed by atoms with van der Waals surface area (Å²) in [5.41, 5.74) is 0.637. The van der Waals surface area contributed by atoms with Gasteiger partial charge in [0.1, 0.15) is 12.2 Å². The number of nitrogens with zero attached hydrogens (tertiary/aromatic N) is 5. The second kappa shape index (κ2) is 9.44. The number of hydrogen-bond acceptors (Lipinski definition) is 6. The second-order valence-corrected chi connectivity index (χ2v) is 8.42. The van der Waals surface area contributed by atoms with Gasteiger partial charge in [0.05, 0.1) is 12.6 Å². The van der Waals surface area contributed by atoms with Gasteiger partial charge in [-0.1, -0.05) is 0 Å². The highest BCUT2D eigenvalue weighted by molar-refractivity contribution is 6.16. The molecular formula is C24H23F3N6O3. The van der Waals surface area contributed by atoms with Crippen molar-refractivity contribution in [2.75, 3.05) is 12.4 Å². The number of hydrogen-bond donors (Lipinski definition) is 1.